The highest BCUT2D eigenvalue weighted by Crippen LogP contribution is 2.13. The van der Waals surface area contributed by atoms with Crippen molar-refractivity contribution in [2.24, 2.45) is 0 Å². The molecule has 1 aromatic rings. The zero-order valence-electron chi connectivity index (χ0n) is 10.3. The third kappa shape index (κ3) is 9.45. The van der Waals surface area contributed by atoms with Gasteiger partial charge in [-0.15, -0.1) is 0 Å². The van der Waals surface area contributed by atoms with E-state index in [1.807, 2.05) is 6.92 Å². The highest BCUT2D eigenvalue weighted by Gasteiger charge is 2.09. The average molecular weight is 258 g/mol. The van der Waals surface area contributed by atoms with Crippen molar-refractivity contribution in [1.29, 1.82) is 0 Å². The molecule has 5 heteroatoms. The maximum absolute atomic E-state index is 12.5. The second-order valence-corrected chi connectivity index (χ2v) is 3.85. The van der Waals surface area contributed by atoms with Gasteiger partial charge in [0, 0.05) is 0 Å². The molecule has 0 fully saturated rings. The van der Waals surface area contributed by atoms with E-state index in [1.54, 1.807) is 0 Å². The monoisotopic (exact) mass is 258 g/mol. The molecule has 18 heavy (non-hydrogen) atoms. The summed E-state index contributed by atoms with van der Waals surface area (Å²) >= 11 is 0. The fourth-order valence-electron chi connectivity index (χ4n) is 1.17. The van der Waals surface area contributed by atoms with Crippen LogP contribution >= 0.6 is 0 Å². The minimum absolute atomic E-state index is 0.169. The molecule has 4 nitrogen and oxygen atoms in total. The fourth-order valence-corrected chi connectivity index (χ4v) is 1.17. The maximum Gasteiger partial charge on any atom is 0.306 e. The first-order valence-corrected chi connectivity index (χ1v) is 5.79. The number of carboxylic acid groups (broad SMARTS) is 1. The number of hydrogen-bond donors (Lipinski definition) is 3. The summed E-state index contributed by atoms with van der Waals surface area (Å²) in [7, 11) is 0. The maximum atomic E-state index is 12.5. The summed E-state index contributed by atoms with van der Waals surface area (Å²) < 4.78 is 12.5. The molecule has 1 rings (SSSR count). The number of rotatable bonds is 5. The van der Waals surface area contributed by atoms with Gasteiger partial charge in [-0.05, 0) is 30.7 Å². The van der Waals surface area contributed by atoms with E-state index in [-0.39, 0.29) is 17.9 Å². The lowest BCUT2D eigenvalue weighted by molar-refractivity contribution is -0.138. The van der Waals surface area contributed by atoms with Crippen molar-refractivity contribution in [1.82, 2.24) is 0 Å². The van der Waals surface area contributed by atoms with Crippen LogP contribution in [0.25, 0.3) is 0 Å². The molecule has 0 saturated heterocycles. The number of halogens is 1. The van der Waals surface area contributed by atoms with Gasteiger partial charge in [0.2, 0.25) is 0 Å². The van der Waals surface area contributed by atoms with Crippen molar-refractivity contribution in [3.05, 3.63) is 24.3 Å². The fraction of sp³-hybridized carbons (Fsp3) is 0.462. The summed E-state index contributed by atoms with van der Waals surface area (Å²) in [4.78, 5) is 9.93. The highest BCUT2D eigenvalue weighted by molar-refractivity contribution is 5.67. The van der Waals surface area contributed by atoms with Crippen molar-refractivity contribution >= 4 is 5.97 Å². The van der Waals surface area contributed by atoms with Gasteiger partial charge in [-0.2, -0.15) is 0 Å². The Morgan fingerprint density at radius 1 is 1.22 bits per heavy atom. The first-order chi connectivity index (χ1) is 8.45. The molecule has 0 aliphatic carbocycles. The van der Waals surface area contributed by atoms with Gasteiger partial charge >= 0.3 is 5.97 Å². The Bertz CT molecular complexity index is 316. The molecule has 1 aromatic carbocycles. The van der Waals surface area contributed by atoms with Crippen molar-refractivity contribution in [2.45, 2.75) is 38.8 Å². The van der Waals surface area contributed by atoms with Crippen LogP contribution in [0.4, 0.5) is 4.39 Å². The van der Waals surface area contributed by atoms with Gasteiger partial charge in [-0.3, -0.25) is 4.79 Å². The lowest BCUT2D eigenvalue weighted by Crippen LogP contribution is -2.07. The Morgan fingerprint density at radius 3 is 2.00 bits per heavy atom. The Balaban J connectivity index is 0.000000327. The van der Waals surface area contributed by atoms with E-state index in [9.17, 15) is 9.18 Å². The van der Waals surface area contributed by atoms with Crippen molar-refractivity contribution in [2.75, 3.05) is 0 Å². The number of phenolic OH excluding ortho intramolecular Hbond substituents is 2. The van der Waals surface area contributed by atoms with Gasteiger partial charge < -0.3 is 15.3 Å². The van der Waals surface area contributed by atoms with Crippen LogP contribution in [0.15, 0.2) is 24.3 Å². The van der Waals surface area contributed by atoms with Crippen LogP contribution in [0, 0.1) is 0 Å². The SMILES string of the molecule is CCCCC(F)CC(=O)O.Oc1ccc(O)cc1. The Labute approximate surface area is 106 Å². The number of aliphatic carboxylic acids is 1. The Kier molecular flexibility index (Phi) is 8.35. The average Bonchev–Trinajstić information content (AvgIpc) is 2.30. The van der Waals surface area contributed by atoms with Crippen LogP contribution in [-0.4, -0.2) is 27.5 Å². The van der Waals surface area contributed by atoms with E-state index in [0.717, 1.165) is 12.8 Å². The number of hydrogen-bond acceptors (Lipinski definition) is 3. The number of carboxylic acids is 1. The molecule has 0 aromatic heterocycles. The molecule has 0 spiro atoms. The van der Waals surface area contributed by atoms with E-state index < -0.39 is 12.1 Å². The van der Waals surface area contributed by atoms with E-state index in [1.165, 1.54) is 24.3 Å². The van der Waals surface area contributed by atoms with Crippen LogP contribution in [0.5, 0.6) is 11.5 Å². The minimum atomic E-state index is -1.16. The number of carbonyl (C=O) groups is 1. The van der Waals surface area contributed by atoms with E-state index in [0.29, 0.717) is 6.42 Å². The first-order valence-electron chi connectivity index (χ1n) is 5.79. The number of aromatic hydroxyl groups is 2. The molecule has 0 heterocycles. The lowest BCUT2D eigenvalue weighted by Gasteiger charge is -2.01. The third-order valence-electron chi connectivity index (χ3n) is 2.12. The van der Waals surface area contributed by atoms with Crippen molar-refractivity contribution in [3.63, 3.8) is 0 Å². The molecule has 0 bridgehead atoms. The summed E-state index contributed by atoms with van der Waals surface area (Å²) in [6.07, 6.45) is 0.564. The lowest BCUT2D eigenvalue weighted by atomic mass is 10.1. The molecule has 102 valence electrons. The number of unbranched alkanes of at least 4 members (excludes halogenated alkanes) is 1. The van der Waals surface area contributed by atoms with Crippen LogP contribution < -0.4 is 0 Å². The largest absolute Gasteiger partial charge is 0.508 e. The molecular formula is C13H19FO4. The first kappa shape index (κ1) is 16.2. The predicted octanol–water partition coefficient (Wildman–Crippen LogP) is 3.09. The number of phenols is 2. The molecule has 0 aliphatic rings. The van der Waals surface area contributed by atoms with Gasteiger partial charge in [-0.25, -0.2) is 4.39 Å². The smallest absolute Gasteiger partial charge is 0.306 e. The van der Waals surface area contributed by atoms with Gasteiger partial charge in [0.25, 0.3) is 0 Å². The predicted molar refractivity (Wildman–Crippen MR) is 66.4 cm³/mol. The molecule has 0 amide bonds. The molecule has 0 saturated carbocycles. The van der Waals surface area contributed by atoms with Crippen LogP contribution in [0.2, 0.25) is 0 Å². The molecular weight excluding hydrogens is 239 g/mol. The van der Waals surface area contributed by atoms with Gasteiger partial charge in [0.1, 0.15) is 17.7 Å². The molecule has 0 radical (unpaired) electrons. The van der Waals surface area contributed by atoms with Gasteiger partial charge in [0.05, 0.1) is 6.42 Å². The Morgan fingerprint density at radius 2 is 1.67 bits per heavy atom. The van der Waals surface area contributed by atoms with Gasteiger partial charge in [-0.1, -0.05) is 19.8 Å². The summed E-state index contributed by atoms with van der Waals surface area (Å²) in [5, 5.41) is 25.4. The number of benzene rings is 1. The zero-order chi connectivity index (χ0) is 14.0. The number of alkyl halides is 1. The molecule has 0 aliphatic heterocycles. The highest BCUT2D eigenvalue weighted by atomic mass is 19.1. The summed E-state index contributed by atoms with van der Waals surface area (Å²) in [6.45, 7) is 1.95. The van der Waals surface area contributed by atoms with Crippen molar-refractivity contribution in [3.8, 4) is 11.5 Å². The van der Waals surface area contributed by atoms with Gasteiger partial charge in [0.15, 0.2) is 0 Å². The van der Waals surface area contributed by atoms with E-state index in [4.69, 9.17) is 15.3 Å². The van der Waals surface area contributed by atoms with E-state index >= 15 is 0 Å². The zero-order valence-corrected chi connectivity index (χ0v) is 10.3. The normalized spacial score (nSPS) is 11.2. The standard InChI is InChI=1S/C7H13FO2.C6H6O2/c1-2-3-4-6(8)5-7(9)10;7-5-1-2-6(8)4-3-5/h6H,2-5H2,1H3,(H,9,10);1-4,7-8H. The van der Waals surface area contributed by atoms with Crippen LogP contribution in [0.1, 0.15) is 32.6 Å². The summed E-state index contributed by atoms with van der Waals surface area (Å²) in [6, 6.07) is 5.70. The Hall–Kier alpha value is -1.78. The molecule has 3 N–H and O–H groups in total. The molecule has 1 unspecified atom stereocenters. The molecule has 1 atom stereocenters. The summed E-state index contributed by atoms with van der Waals surface area (Å²) in [5.74, 6) is -0.714. The minimum Gasteiger partial charge on any atom is -0.508 e. The third-order valence-corrected chi connectivity index (χ3v) is 2.12. The summed E-state index contributed by atoms with van der Waals surface area (Å²) in [5.41, 5.74) is 0. The van der Waals surface area contributed by atoms with Crippen LogP contribution in [-0.2, 0) is 4.79 Å². The quantitative estimate of drug-likeness (QED) is 0.709. The van der Waals surface area contributed by atoms with Crippen molar-refractivity contribution < 1.29 is 24.5 Å². The topological polar surface area (TPSA) is 77.8 Å². The second-order valence-electron chi connectivity index (χ2n) is 3.85. The second kappa shape index (κ2) is 9.27. The van der Waals surface area contributed by atoms with Crippen LogP contribution in [0.3, 0.4) is 0 Å². The van der Waals surface area contributed by atoms with E-state index in [2.05, 4.69) is 0 Å².